The van der Waals surface area contributed by atoms with E-state index in [1.807, 2.05) is 36.4 Å². The third-order valence-electron chi connectivity index (χ3n) is 5.82. The summed E-state index contributed by atoms with van der Waals surface area (Å²) >= 11 is 0. The van der Waals surface area contributed by atoms with Gasteiger partial charge in [-0.3, -0.25) is 0 Å². The summed E-state index contributed by atoms with van der Waals surface area (Å²) in [6.45, 7) is 3.29. The molecule has 5 rings (SSSR count). The van der Waals surface area contributed by atoms with E-state index in [9.17, 15) is 8.42 Å². The molecule has 1 aromatic heterocycles. The number of anilines is 1. The highest BCUT2D eigenvalue weighted by Crippen LogP contribution is 2.30. The highest BCUT2D eigenvalue weighted by molar-refractivity contribution is 7.89. The van der Waals surface area contributed by atoms with Crippen molar-refractivity contribution in [2.75, 3.05) is 38.3 Å². The van der Waals surface area contributed by atoms with E-state index in [0.717, 1.165) is 41.2 Å². The van der Waals surface area contributed by atoms with E-state index in [4.69, 9.17) is 9.47 Å². The Morgan fingerprint density at radius 1 is 0.938 bits per heavy atom. The number of sulfonamides is 1. The zero-order valence-corrected chi connectivity index (χ0v) is 18.6. The third-order valence-corrected chi connectivity index (χ3v) is 7.63. The lowest BCUT2D eigenvalue weighted by Gasteiger charge is -2.26. The van der Waals surface area contributed by atoms with Crippen LogP contribution in [-0.2, 0) is 27.8 Å². The lowest BCUT2D eigenvalue weighted by molar-refractivity contribution is 0.122. The number of hydrogen-bond acceptors (Lipinski definition) is 7. The van der Waals surface area contributed by atoms with E-state index in [-0.39, 0.29) is 18.0 Å². The van der Waals surface area contributed by atoms with Gasteiger partial charge in [-0.05, 0) is 35.4 Å². The van der Waals surface area contributed by atoms with Gasteiger partial charge in [0.1, 0.15) is 5.75 Å². The Morgan fingerprint density at radius 2 is 1.59 bits per heavy atom. The molecule has 0 unspecified atom stereocenters. The molecule has 0 atom stereocenters. The van der Waals surface area contributed by atoms with Crippen LogP contribution in [0.25, 0.3) is 11.1 Å². The molecule has 2 aromatic carbocycles. The molecule has 0 amide bonds. The number of rotatable bonds is 5. The van der Waals surface area contributed by atoms with Crippen LogP contribution in [0.1, 0.15) is 11.3 Å². The molecule has 1 saturated heterocycles. The van der Waals surface area contributed by atoms with Gasteiger partial charge in [0.05, 0.1) is 37.5 Å². The van der Waals surface area contributed by atoms with Crippen molar-refractivity contribution in [2.24, 2.45) is 0 Å². The fourth-order valence-electron chi connectivity index (χ4n) is 3.95. The second kappa shape index (κ2) is 8.50. The maximum Gasteiger partial charge on any atom is 0.243 e. The van der Waals surface area contributed by atoms with Gasteiger partial charge in [0.2, 0.25) is 16.0 Å². The minimum Gasteiger partial charge on any atom is -0.497 e. The molecule has 0 saturated carbocycles. The van der Waals surface area contributed by atoms with Crippen molar-refractivity contribution in [1.82, 2.24) is 14.3 Å². The molecule has 166 valence electrons. The van der Waals surface area contributed by atoms with Gasteiger partial charge in [-0.15, -0.1) is 0 Å². The molecule has 9 heteroatoms. The molecule has 0 radical (unpaired) electrons. The normalized spacial score (nSPS) is 16.7. The summed E-state index contributed by atoms with van der Waals surface area (Å²) in [7, 11) is -2.02. The lowest BCUT2D eigenvalue weighted by Crippen LogP contribution is -2.37. The van der Waals surface area contributed by atoms with Crippen LogP contribution >= 0.6 is 0 Å². The third kappa shape index (κ3) is 3.94. The maximum absolute atomic E-state index is 13.3. The largest absolute Gasteiger partial charge is 0.497 e. The minimum atomic E-state index is -3.64. The van der Waals surface area contributed by atoms with E-state index < -0.39 is 10.0 Å². The van der Waals surface area contributed by atoms with Crippen LogP contribution in [0.5, 0.6) is 5.75 Å². The summed E-state index contributed by atoms with van der Waals surface area (Å²) in [6, 6.07) is 14.6. The maximum atomic E-state index is 13.3. The molecular formula is C23H24N4O4S. The molecule has 3 aromatic rings. The van der Waals surface area contributed by atoms with Gasteiger partial charge in [0, 0.05) is 31.4 Å². The predicted octanol–water partition coefficient (Wildman–Crippen LogP) is 2.69. The zero-order chi connectivity index (χ0) is 22.1. The van der Waals surface area contributed by atoms with Crippen LogP contribution < -0.4 is 9.64 Å². The highest BCUT2D eigenvalue weighted by atomic mass is 32.2. The molecule has 3 heterocycles. The molecular weight excluding hydrogens is 428 g/mol. The fraction of sp³-hybridized carbons (Fsp3) is 0.304. The second-order valence-electron chi connectivity index (χ2n) is 7.77. The summed E-state index contributed by atoms with van der Waals surface area (Å²) in [5, 5.41) is 0. The van der Waals surface area contributed by atoms with Crippen LogP contribution in [0.4, 0.5) is 5.95 Å². The Labute approximate surface area is 187 Å². The van der Waals surface area contributed by atoms with Crippen molar-refractivity contribution in [2.45, 2.75) is 18.0 Å². The number of aromatic nitrogens is 2. The van der Waals surface area contributed by atoms with E-state index in [2.05, 4.69) is 14.9 Å². The van der Waals surface area contributed by atoms with E-state index in [1.165, 1.54) is 4.31 Å². The van der Waals surface area contributed by atoms with Crippen molar-refractivity contribution in [3.8, 4) is 16.9 Å². The van der Waals surface area contributed by atoms with Crippen molar-refractivity contribution >= 4 is 16.0 Å². The van der Waals surface area contributed by atoms with Crippen molar-refractivity contribution < 1.29 is 17.9 Å². The molecule has 8 nitrogen and oxygen atoms in total. The first kappa shape index (κ1) is 20.9. The van der Waals surface area contributed by atoms with Crippen molar-refractivity contribution in [3.63, 3.8) is 0 Å². The van der Waals surface area contributed by atoms with Gasteiger partial charge in [0.15, 0.2) is 0 Å². The average molecular weight is 453 g/mol. The Kier molecular flexibility index (Phi) is 5.54. The quantitative estimate of drug-likeness (QED) is 0.588. The molecule has 32 heavy (non-hydrogen) atoms. The summed E-state index contributed by atoms with van der Waals surface area (Å²) in [5.74, 6) is 1.41. The second-order valence-corrected chi connectivity index (χ2v) is 9.71. The molecule has 0 bridgehead atoms. The summed E-state index contributed by atoms with van der Waals surface area (Å²) in [6.07, 6.45) is 1.75. The SMILES string of the molecule is COc1ccc(-c2ccc(S(=O)(=O)N3Cc4cnc(N5CCOCC5)nc4C3)cc2)cc1. The average Bonchev–Trinajstić information content (AvgIpc) is 3.29. The Balaban J connectivity index is 1.33. The molecule has 2 aliphatic rings. The topological polar surface area (TPSA) is 84.9 Å². The van der Waals surface area contributed by atoms with E-state index in [0.29, 0.717) is 19.2 Å². The summed E-state index contributed by atoms with van der Waals surface area (Å²) in [4.78, 5) is 11.4. The molecule has 2 aliphatic heterocycles. The van der Waals surface area contributed by atoms with E-state index in [1.54, 1.807) is 25.4 Å². The van der Waals surface area contributed by atoms with Crippen LogP contribution in [-0.4, -0.2) is 56.1 Å². The lowest BCUT2D eigenvalue weighted by atomic mass is 10.1. The molecule has 0 spiro atoms. The van der Waals surface area contributed by atoms with Crippen LogP contribution in [0, 0.1) is 0 Å². The van der Waals surface area contributed by atoms with Crippen molar-refractivity contribution in [1.29, 1.82) is 0 Å². The van der Waals surface area contributed by atoms with Crippen LogP contribution in [0.2, 0.25) is 0 Å². The van der Waals surface area contributed by atoms with E-state index >= 15 is 0 Å². The molecule has 0 N–H and O–H groups in total. The van der Waals surface area contributed by atoms with Crippen LogP contribution in [0.15, 0.2) is 59.6 Å². The van der Waals surface area contributed by atoms with Gasteiger partial charge in [-0.1, -0.05) is 24.3 Å². The predicted molar refractivity (Wildman–Crippen MR) is 120 cm³/mol. The number of ether oxygens (including phenoxy) is 2. The number of nitrogens with zero attached hydrogens (tertiary/aromatic N) is 4. The Hall–Kier alpha value is -3.01. The first-order valence-corrected chi connectivity index (χ1v) is 11.9. The standard InChI is InChI=1S/C23H24N4O4S/c1-30-20-6-2-17(3-7-20)18-4-8-21(9-5-18)32(28,29)27-15-19-14-24-23(25-22(19)16-27)26-10-12-31-13-11-26/h2-9,14H,10-13,15-16H2,1H3. The Morgan fingerprint density at radius 3 is 2.25 bits per heavy atom. The number of fused-ring (bicyclic) bond motifs is 1. The minimum absolute atomic E-state index is 0.248. The highest BCUT2D eigenvalue weighted by Gasteiger charge is 2.32. The number of methoxy groups -OCH3 is 1. The first-order valence-electron chi connectivity index (χ1n) is 10.5. The number of morpholine rings is 1. The van der Waals surface area contributed by atoms with Gasteiger partial charge >= 0.3 is 0 Å². The number of hydrogen-bond donors (Lipinski definition) is 0. The smallest absolute Gasteiger partial charge is 0.243 e. The molecule has 1 fully saturated rings. The van der Waals surface area contributed by atoms with Crippen molar-refractivity contribution in [3.05, 3.63) is 66.0 Å². The van der Waals surface area contributed by atoms with Gasteiger partial charge in [-0.25, -0.2) is 18.4 Å². The zero-order valence-electron chi connectivity index (χ0n) is 17.8. The number of benzene rings is 2. The summed E-state index contributed by atoms with van der Waals surface area (Å²) < 4.78 is 38.5. The van der Waals surface area contributed by atoms with Gasteiger partial charge < -0.3 is 14.4 Å². The van der Waals surface area contributed by atoms with Gasteiger partial charge in [0.25, 0.3) is 0 Å². The molecule has 0 aliphatic carbocycles. The van der Waals surface area contributed by atoms with Crippen LogP contribution in [0.3, 0.4) is 0 Å². The fourth-order valence-corrected chi connectivity index (χ4v) is 5.33. The monoisotopic (exact) mass is 452 g/mol. The first-order chi connectivity index (χ1) is 15.5. The summed E-state index contributed by atoms with van der Waals surface area (Å²) in [5.41, 5.74) is 3.55. The Bertz CT molecular complexity index is 1210. The van der Waals surface area contributed by atoms with Gasteiger partial charge in [-0.2, -0.15) is 4.31 Å².